The zero-order chi connectivity index (χ0) is 28.9. The normalized spacial score (nSPS) is 17.9. The second kappa shape index (κ2) is 10.3. The number of halogens is 3. The highest BCUT2D eigenvalue weighted by Gasteiger charge is 2.50. The molecule has 0 radical (unpaired) electrons. The summed E-state index contributed by atoms with van der Waals surface area (Å²) in [5.74, 6) is 4.02. The van der Waals surface area contributed by atoms with Crippen LogP contribution in [0.25, 0.3) is 11.3 Å². The Labute approximate surface area is 223 Å². The predicted octanol–water partition coefficient (Wildman–Crippen LogP) is 4.84. The van der Waals surface area contributed by atoms with Crippen molar-refractivity contribution in [2.75, 3.05) is 0 Å². The molecule has 1 aromatic heterocycles. The molecule has 0 spiro atoms. The molecule has 1 aliphatic rings. The fourth-order valence-corrected chi connectivity index (χ4v) is 7.59. The molecule has 1 saturated carbocycles. The van der Waals surface area contributed by atoms with E-state index in [-0.39, 0.29) is 5.56 Å². The first-order valence-electron chi connectivity index (χ1n) is 12.5. The van der Waals surface area contributed by atoms with Gasteiger partial charge in [-0.3, -0.25) is 5.14 Å². The molecule has 2 aromatic rings. The summed E-state index contributed by atoms with van der Waals surface area (Å²) in [6.07, 6.45) is 0.661. The van der Waals surface area contributed by atoms with Gasteiger partial charge >= 0.3 is 6.18 Å². The SMILES string of the molecule is C=S(N)(=O)c1cc(-c2ccc(S(=O)(=O)NC(C)(C)C(F)(F)F)c(C(C)(C)O)c2)n(CC2CCCCC2)c1C. The molecule has 3 rings (SSSR count). The number of hydrogen-bond donors (Lipinski definition) is 3. The number of aliphatic hydroxyl groups is 1. The standard InChI is InChI=1S/C26H38F3N3O4S2/c1-17-23(37(6,30)34)15-21(32(17)16-18-10-8-7-9-11-18)19-12-13-22(20(14-19)24(2,3)33)38(35,36)31-25(4,5)26(27,28)29/h12-15,18,31,33H,6-11,16H2,1-5H3,(H2,30,34). The maximum Gasteiger partial charge on any atom is 0.407 e. The van der Waals surface area contributed by atoms with Crippen LogP contribution in [-0.4, -0.2) is 39.9 Å². The number of nitrogens with two attached hydrogens (primary N) is 1. The van der Waals surface area contributed by atoms with E-state index in [2.05, 4.69) is 5.87 Å². The monoisotopic (exact) mass is 577 g/mol. The van der Waals surface area contributed by atoms with Crippen LogP contribution in [0.3, 0.4) is 0 Å². The molecule has 0 aliphatic heterocycles. The largest absolute Gasteiger partial charge is 0.407 e. The van der Waals surface area contributed by atoms with Crippen LogP contribution in [0.2, 0.25) is 0 Å². The Morgan fingerprint density at radius 3 is 2.13 bits per heavy atom. The number of alkyl halides is 3. The molecular weight excluding hydrogens is 539 g/mol. The van der Waals surface area contributed by atoms with Crippen molar-refractivity contribution in [3.05, 3.63) is 35.5 Å². The molecule has 1 unspecified atom stereocenters. The van der Waals surface area contributed by atoms with Gasteiger partial charge in [0.2, 0.25) is 10.0 Å². The maximum absolute atomic E-state index is 13.5. The third kappa shape index (κ3) is 6.47. The van der Waals surface area contributed by atoms with Crippen molar-refractivity contribution >= 4 is 25.6 Å². The molecule has 1 fully saturated rings. The zero-order valence-corrected chi connectivity index (χ0v) is 24.1. The highest BCUT2D eigenvalue weighted by molar-refractivity contribution is 7.98. The average Bonchev–Trinajstić information content (AvgIpc) is 3.08. The summed E-state index contributed by atoms with van der Waals surface area (Å²) in [6, 6.07) is 5.78. The summed E-state index contributed by atoms with van der Waals surface area (Å²) in [5, 5.41) is 16.8. The van der Waals surface area contributed by atoms with Gasteiger partial charge in [-0.15, -0.1) is 0 Å². The minimum absolute atomic E-state index is 0.0757. The molecule has 0 saturated heterocycles. The molecule has 1 atom stereocenters. The van der Waals surface area contributed by atoms with Crippen molar-refractivity contribution in [3.8, 4) is 11.3 Å². The quantitative estimate of drug-likeness (QED) is 0.390. The smallest absolute Gasteiger partial charge is 0.386 e. The van der Waals surface area contributed by atoms with Crippen LogP contribution in [0.15, 0.2) is 34.1 Å². The number of nitrogens with zero attached hydrogens (tertiary/aromatic N) is 1. The van der Waals surface area contributed by atoms with Gasteiger partial charge in [-0.05, 0) is 83.0 Å². The first-order chi connectivity index (χ1) is 17.1. The average molecular weight is 578 g/mol. The Kier molecular flexibility index (Phi) is 8.29. The van der Waals surface area contributed by atoms with E-state index in [1.807, 2.05) is 4.57 Å². The van der Waals surface area contributed by atoms with Gasteiger partial charge in [0.05, 0.1) is 25.1 Å². The maximum atomic E-state index is 13.5. The predicted molar refractivity (Wildman–Crippen MR) is 145 cm³/mol. The number of hydrogen-bond acceptors (Lipinski definition) is 4. The zero-order valence-electron chi connectivity index (χ0n) is 22.5. The van der Waals surface area contributed by atoms with Crippen LogP contribution in [0.4, 0.5) is 13.2 Å². The third-order valence-electron chi connectivity index (χ3n) is 7.18. The highest BCUT2D eigenvalue weighted by atomic mass is 32.2. The molecular formula is C26H38F3N3O4S2. The van der Waals surface area contributed by atoms with Gasteiger partial charge in [0.15, 0.2) is 0 Å². The molecule has 38 heavy (non-hydrogen) atoms. The van der Waals surface area contributed by atoms with Crippen molar-refractivity contribution in [3.63, 3.8) is 0 Å². The van der Waals surface area contributed by atoms with E-state index in [9.17, 15) is 30.9 Å². The lowest BCUT2D eigenvalue weighted by atomic mass is 9.89. The Bertz CT molecular complexity index is 1400. The minimum Gasteiger partial charge on any atom is -0.386 e. The lowest BCUT2D eigenvalue weighted by molar-refractivity contribution is -0.180. The van der Waals surface area contributed by atoms with Crippen molar-refractivity contribution in [2.45, 2.75) is 100 Å². The third-order valence-corrected chi connectivity index (χ3v) is 10.1. The van der Waals surface area contributed by atoms with E-state index in [0.717, 1.165) is 39.5 Å². The van der Waals surface area contributed by atoms with Gasteiger partial charge in [-0.2, -0.15) is 17.9 Å². The van der Waals surface area contributed by atoms with E-state index in [4.69, 9.17) is 5.14 Å². The van der Waals surface area contributed by atoms with E-state index < -0.39 is 41.9 Å². The minimum atomic E-state index is -4.84. The van der Waals surface area contributed by atoms with Gasteiger partial charge < -0.3 is 9.67 Å². The molecule has 0 amide bonds. The van der Waals surface area contributed by atoms with E-state index in [0.29, 0.717) is 34.3 Å². The molecule has 1 heterocycles. The topological polar surface area (TPSA) is 114 Å². The van der Waals surface area contributed by atoms with Crippen molar-refractivity contribution < 1.29 is 30.9 Å². The van der Waals surface area contributed by atoms with Crippen LogP contribution in [0.1, 0.15) is 71.1 Å². The number of benzene rings is 1. The lowest BCUT2D eigenvalue weighted by Gasteiger charge is -2.30. The van der Waals surface area contributed by atoms with E-state index >= 15 is 0 Å². The second-order valence-electron chi connectivity index (χ2n) is 11.3. The molecule has 1 aliphatic carbocycles. The second-order valence-corrected chi connectivity index (χ2v) is 14.9. The van der Waals surface area contributed by atoms with Crippen LogP contribution in [-0.2, 0) is 31.9 Å². The van der Waals surface area contributed by atoms with Crippen LogP contribution >= 0.6 is 0 Å². The first-order valence-corrected chi connectivity index (χ1v) is 15.8. The first kappa shape index (κ1) is 30.7. The molecule has 1 aromatic carbocycles. The van der Waals surface area contributed by atoms with Crippen LogP contribution < -0.4 is 9.86 Å². The molecule has 4 N–H and O–H groups in total. The van der Waals surface area contributed by atoms with E-state index in [1.165, 1.54) is 38.5 Å². The van der Waals surface area contributed by atoms with Crippen molar-refractivity contribution in [2.24, 2.45) is 11.1 Å². The summed E-state index contributed by atoms with van der Waals surface area (Å²) in [6.45, 7) is 6.62. The summed E-state index contributed by atoms with van der Waals surface area (Å²) in [7, 11) is -7.76. The van der Waals surface area contributed by atoms with Gasteiger partial charge in [0.25, 0.3) is 0 Å². The fraction of sp³-hybridized carbons (Fsp3) is 0.577. The summed E-state index contributed by atoms with van der Waals surface area (Å²) in [4.78, 5) is -0.0911. The van der Waals surface area contributed by atoms with Crippen molar-refractivity contribution in [1.29, 1.82) is 0 Å². The Morgan fingerprint density at radius 2 is 1.63 bits per heavy atom. The summed E-state index contributed by atoms with van der Waals surface area (Å²) >= 11 is 0. The van der Waals surface area contributed by atoms with Gasteiger partial charge in [0, 0.05) is 23.5 Å². The van der Waals surface area contributed by atoms with Crippen LogP contribution in [0, 0.1) is 12.8 Å². The summed E-state index contributed by atoms with van der Waals surface area (Å²) < 4.78 is 83.1. The van der Waals surface area contributed by atoms with Gasteiger partial charge in [0.1, 0.15) is 5.54 Å². The van der Waals surface area contributed by atoms with Gasteiger partial charge in [-0.25, -0.2) is 12.6 Å². The Hall–Kier alpha value is -1.86. The number of sulfonamides is 1. The van der Waals surface area contributed by atoms with E-state index in [1.54, 1.807) is 17.7 Å². The lowest BCUT2D eigenvalue weighted by Crippen LogP contribution is -2.54. The van der Waals surface area contributed by atoms with Crippen LogP contribution in [0.5, 0.6) is 0 Å². The number of rotatable bonds is 8. The number of nitrogens with one attached hydrogen (secondary N) is 1. The van der Waals surface area contributed by atoms with Gasteiger partial charge in [-0.1, -0.05) is 25.3 Å². The number of aromatic nitrogens is 1. The highest BCUT2D eigenvalue weighted by Crippen LogP contribution is 2.37. The Balaban J connectivity index is 2.19. The summed E-state index contributed by atoms with van der Waals surface area (Å²) in [5.41, 5.74) is -2.73. The fourth-order valence-electron chi connectivity index (χ4n) is 4.92. The Morgan fingerprint density at radius 1 is 1.05 bits per heavy atom. The molecule has 12 heteroatoms. The van der Waals surface area contributed by atoms with Crippen molar-refractivity contribution in [1.82, 2.24) is 9.29 Å². The molecule has 7 nitrogen and oxygen atoms in total. The molecule has 0 bridgehead atoms. The molecule has 214 valence electrons.